The van der Waals surface area contributed by atoms with Crippen LogP contribution in [0.5, 0.6) is 0 Å². The van der Waals surface area contributed by atoms with Gasteiger partial charge in [-0.2, -0.15) is 0 Å². The summed E-state index contributed by atoms with van der Waals surface area (Å²) in [5.41, 5.74) is 0. The van der Waals surface area contributed by atoms with Crippen LogP contribution in [0.25, 0.3) is 0 Å². The summed E-state index contributed by atoms with van der Waals surface area (Å²) in [6, 6.07) is 4.87. The quantitative estimate of drug-likeness (QED) is 0.831. The van der Waals surface area contributed by atoms with Crippen LogP contribution in [0.4, 0.5) is 0 Å². The Morgan fingerprint density at radius 2 is 2.11 bits per heavy atom. The molecule has 0 aromatic carbocycles. The molecule has 2 aromatic heterocycles. The Labute approximate surface area is 119 Å². The Balaban J connectivity index is 2.14. The highest BCUT2D eigenvalue weighted by Crippen LogP contribution is 2.26. The maximum absolute atomic E-state index is 12.1. The van der Waals surface area contributed by atoms with Crippen molar-refractivity contribution in [2.45, 2.75) is 18.0 Å². The Bertz CT molecular complexity index is 634. The van der Waals surface area contributed by atoms with E-state index >= 15 is 0 Å². The van der Waals surface area contributed by atoms with E-state index in [0.29, 0.717) is 18.1 Å². The topological polar surface area (TPSA) is 84.5 Å². The van der Waals surface area contributed by atoms with Gasteiger partial charge in [-0.05, 0) is 35.1 Å². The molecule has 0 amide bonds. The summed E-state index contributed by atoms with van der Waals surface area (Å²) < 4.78 is 37.2. The maximum Gasteiger partial charge on any atom is 0.245 e. The molecular formula is C11H13BrN2O4S. The van der Waals surface area contributed by atoms with Gasteiger partial charge in [0.2, 0.25) is 10.0 Å². The third-order valence-electron chi connectivity index (χ3n) is 2.36. The van der Waals surface area contributed by atoms with Gasteiger partial charge in [0.05, 0.1) is 19.4 Å². The van der Waals surface area contributed by atoms with Crippen molar-refractivity contribution in [3.8, 4) is 0 Å². The standard InChI is InChI=1S/C11H13BrN2O4S/c1-13-6-9-5-10(11(12)18-9)19(15,16)14-7-8-3-2-4-17-8/h2-5,13-14H,6-7H2,1H3. The molecular weight excluding hydrogens is 336 g/mol. The summed E-state index contributed by atoms with van der Waals surface area (Å²) in [6.45, 7) is 0.542. The SMILES string of the molecule is CNCc1cc(S(=O)(=O)NCc2ccco2)c(Br)o1. The fourth-order valence-corrected chi connectivity index (χ4v) is 3.49. The molecule has 0 radical (unpaired) electrons. The number of sulfonamides is 1. The second kappa shape index (κ2) is 5.91. The van der Waals surface area contributed by atoms with E-state index in [2.05, 4.69) is 26.0 Å². The number of hydrogen-bond donors (Lipinski definition) is 2. The van der Waals surface area contributed by atoms with Crippen LogP contribution < -0.4 is 10.0 Å². The molecule has 2 N–H and O–H groups in total. The highest BCUT2D eigenvalue weighted by Gasteiger charge is 2.22. The Morgan fingerprint density at radius 1 is 1.32 bits per heavy atom. The van der Waals surface area contributed by atoms with E-state index in [4.69, 9.17) is 8.83 Å². The molecule has 0 atom stereocenters. The van der Waals surface area contributed by atoms with E-state index in [1.807, 2.05) is 0 Å². The minimum Gasteiger partial charge on any atom is -0.468 e. The molecule has 8 heteroatoms. The zero-order chi connectivity index (χ0) is 13.9. The Hall–Kier alpha value is -1.09. The number of furan rings is 2. The van der Waals surface area contributed by atoms with Gasteiger partial charge in [0.15, 0.2) is 4.67 Å². The average molecular weight is 349 g/mol. The minimum atomic E-state index is -3.64. The van der Waals surface area contributed by atoms with Gasteiger partial charge in [-0.25, -0.2) is 13.1 Å². The van der Waals surface area contributed by atoms with Crippen LogP contribution in [-0.2, 0) is 23.1 Å². The summed E-state index contributed by atoms with van der Waals surface area (Å²) in [4.78, 5) is 0.0734. The molecule has 2 rings (SSSR count). The number of halogens is 1. The fourth-order valence-electron chi connectivity index (χ4n) is 1.50. The predicted molar refractivity (Wildman–Crippen MR) is 71.9 cm³/mol. The van der Waals surface area contributed by atoms with Crippen molar-refractivity contribution >= 4 is 26.0 Å². The molecule has 0 fully saturated rings. The molecule has 2 aromatic rings. The summed E-state index contributed by atoms with van der Waals surface area (Å²) in [5, 5.41) is 2.89. The van der Waals surface area contributed by atoms with Crippen molar-refractivity contribution in [2.75, 3.05) is 7.05 Å². The van der Waals surface area contributed by atoms with Crippen molar-refractivity contribution < 1.29 is 17.3 Å². The van der Waals surface area contributed by atoms with Gasteiger partial charge >= 0.3 is 0 Å². The summed E-state index contributed by atoms with van der Waals surface area (Å²) in [7, 11) is -1.89. The van der Waals surface area contributed by atoms with E-state index in [-0.39, 0.29) is 16.1 Å². The van der Waals surface area contributed by atoms with E-state index in [0.717, 1.165) is 0 Å². The molecule has 0 aliphatic rings. The van der Waals surface area contributed by atoms with Crippen LogP contribution in [-0.4, -0.2) is 15.5 Å². The first-order chi connectivity index (χ1) is 9.03. The van der Waals surface area contributed by atoms with Crippen molar-refractivity contribution in [2.24, 2.45) is 0 Å². The number of nitrogens with one attached hydrogen (secondary N) is 2. The normalized spacial score (nSPS) is 11.9. The minimum absolute atomic E-state index is 0.0734. The molecule has 0 spiro atoms. The lowest BCUT2D eigenvalue weighted by Crippen LogP contribution is -2.22. The largest absolute Gasteiger partial charge is 0.468 e. The first-order valence-electron chi connectivity index (χ1n) is 5.48. The molecule has 104 valence electrons. The molecule has 0 saturated heterocycles. The number of hydrogen-bond acceptors (Lipinski definition) is 5. The Morgan fingerprint density at radius 3 is 2.74 bits per heavy atom. The smallest absolute Gasteiger partial charge is 0.245 e. The molecule has 19 heavy (non-hydrogen) atoms. The molecule has 0 aliphatic heterocycles. The van der Waals surface area contributed by atoms with Gasteiger partial charge in [0, 0.05) is 6.07 Å². The fraction of sp³-hybridized carbons (Fsp3) is 0.273. The third-order valence-corrected chi connectivity index (χ3v) is 4.62. The summed E-state index contributed by atoms with van der Waals surface area (Å²) in [5.74, 6) is 1.08. The highest BCUT2D eigenvalue weighted by molar-refractivity contribution is 9.10. The first kappa shape index (κ1) is 14.3. The number of rotatable bonds is 6. The molecule has 6 nitrogen and oxygen atoms in total. The zero-order valence-electron chi connectivity index (χ0n) is 10.1. The zero-order valence-corrected chi connectivity index (χ0v) is 12.5. The van der Waals surface area contributed by atoms with E-state index in [1.165, 1.54) is 12.3 Å². The highest BCUT2D eigenvalue weighted by atomic mass is 79.9. The van der Waals surface area contributed by atoms with Crippen molar-refractivity contribution in [1.82, 2.24) is 10.0 Å². The van der Waals surface area contributed by atoms with Crippen LogP contribution in [0.2, 0.25) is 0 Å². The van der Waals surface area contributed by atoms with Gasteiger partial charge in [-0.1, -0.05) is 0 Å². The lowest BCUT2D eigenvalue weighted by molar-refractivity contribution is 0.469. The second-order valence-corrected chi connectivity index (χ2v) is 6.24. The van der Waals surface area contributed by atoms with Crippen LogP contribution in [0.1, 0.15) is 11.5 Å². The average Bonchev–Trinajstić information content (AvgIpc) is 2.97. The third kappa shape index (κ3) is 3.47. The molecule has 2 heterocycles. The molecule has 0 bridgehead atoms. The Kier molecular flexibility index (Phi) is 4.46. The van der Waals surface area contributed by atoms with Gasteiger partial charge in [0.1, 0.15) is 16.4 Å². The van der Waals surface area contributed by atoms with Crippen LogP contribution in [0.15, 0.2) is 42.9 Å². The monoisotopic (exact) mass is 348 g/mol. The molecule has 0 unspecified atom stereocenters. The molecule has 0 saturated carbocycles. The lowest BCUT2D eigenvalue weighted by atomic mass is 10.4. The first-order valence-corrected chi connectivity index (χ1v) is 7.75. The van der Waals surface area contributed by atoms with E-state index in [1.54, 1.807) is 19.2 Å². The van der Waals surface area contributed by atoms with Crippen LogP contribution in [0, 0.1) is 0 Å². The van der Waals surface area contributed by atoms with E-state index in [9.17, 15) is 8.42 Å². The predicted octanol–water partition coefficient (Wildman–Crippen LogP) is 1.83. The van der Waals surface area contributed by atoms with Crippen molar-refractivity contribution in [3.05, 3.63) is 40.7 Å². The maximum atomic E-state index is 12.1. The van der Waals surface area contributed by atoms with Crippen molar-refractivity contribution in [3.63, 3.8) is 0 Å². The van der Waals surface area contributed by atoms with E-state index < -0.39 is 10.0 Å². The van der Waals surface area contributed by atoms with Crippen LogP contribution in [0.3, 0.4) is 0 Å². The summed E-state index contributed by atoms with van der Waals surface area (Å²) in [6.07, 6.45) is 1.49. The van der Waals surface area contributed by atoms with Gasteiger partial charge < -0.3 is 14.2 Å². The second-order valence-electron chi connectivity index (χ2n) is 3.78. The van der Waals surface area contributed by atoms with Crippen LogP contribution >= 0.6 is 15.9 Å². The van der Waals surface area contributed by atoms with Crippen molar-refractivity contribution in [1.29, 1.82) is 0 Å². The van der Waals surface area contributed by atoms with Gasteiger partial charge in [-0.3, -0.25) is 0 Å². The lowest BCUT2D eigenvalue weighted by Gasteiger charge is -2.02. The van der Waals surface area contributed by atoms with Gasteiger partial charge in [-0.15, -0.1) is 0 Å². The molecule has 0 aliphatic carbocycles. The summed E-state index contributed by atoms with van der Waals surface area (Å²) >= 11 is 3.10. The van der Waals surface area contributed by atoms with Gasteiger partial charge in [0.25, 0.3) is 0 Å².